The average molecular weight is 235 g/mol. The molecule has 2 rings (SSSR count). The number of benzene rings is 1. The normalized spacial score (nSPS) is 24.3. The highest BCUT2D eigenvalue weighted by atomic mass is 16.5. The first-order valence-electron chi connectivity index (χ1n) is 5.88. The second-order valence-corrected chi connectivity index (χ2v) is 4.29. The maximum absolute atomic E-state index is 11.7. The van der Waals surface area contributed by atoms with Crippen molar-refractivity contribution >= 4 is 5.97 Å². The molecule has 17 heavy (non-hydrogen) atoms. The molecular weight excluding hydrogens is 218 g/mol. The highest BCUT2D eigenvalue weighted by molar-refractivity contribution is 5.75. The molecule has 2 N–H and O–H groups in total. The van der Waals surface area contributed by atoms with Crippen LogP contribution in [0.25, 0.3) is 0 Å². The zero-order valence-electron chi connectivity index (χ0n) is 9.63. The number of hydrogen-bond acceptors (Lipinski definition) is 4. The van der Waals surface area contributed by atoms with Crippen LogP contribution in [0, 0.1) is 0 Å². The molecule has 0 spiro atoms. The van der Waals surface area contributed by atoms with E-state index in [1.165, 1.54) is 0 Å². The zero-order chi connectivity index (χ0) is 12.1. The lowest BCUT2D eigenvalue weighted by molar-refractivity contribution is -0.148. The molecule has 4 heteroatoms. The third kappa shape index (κ3) is 3.54. The molecule has 1 aromatic carbocycles. The molecule has 0 aliphatic carbocycles. The van der Waals surface area contributed by atoms with Crippen LogP contribution in [0.4, 0.5) is 0 Å². The highest BCUT2D eigenvalue weighted by Crippen LogP contribution is 2.10. The fraction of sp³-hybridized carbons (Fsp3) is 0.462. The van der Waals surface area contributed by atoms with E-state index in [1.54, 1.807) is 0 Å². The monoisotopic (exact) mass is 235 g/mol. The van der Waals surface area contributed by atoms with Gasteiger partial charge in [0, 0.05) is 6.54 Å². The highest BCUT2D eigenvalue weighted by Gasteiger charge is 2.25. The predicted octanol–water partition coefficient (Wildman–Crippen LogP) is 0.843. The molecule has 0 bridgehead atoms. The fourth-order valence-corrected chi connectivity index (χ4v) is 1.87. The molecule has 1 aliphatic rings. The van der Waals surface area contributed by atoms with Crippen molar-refractivity contribution in [3.8, 4) is 0 Å². The van der Waals surface area contributed by atoms with E-state index in [1.807, 2.05) is 30.3 Å². The van der Waals surface area contributed by atoms with Gasteiger partial charge in [-0.05, 0) is 18.4 Å². The summed E-state index contributed by atoms with van der Waals surface area (Å²) in [5, 5.41) is 12.3. The van der Waals surface area contributed by atoms with Crippen LogP contribution in [0.1, 0.15) is 18.4 Å². The Balaban J connectivity index is 1.78. The minimum Gasteiger partial charge on any atom is -0.460 e. The van der Waals surface area contributed by atoms with Gasteiger partial charge in [-0.3, -0.25) is 4.79 Å². The summed E-state index contributed by atoms with van der Waals surface area (Å²) in [5.41, 5.74) is 0.983. The summed E-state index contributed by atoms with van der Waals surface area (Å²) < 4.78 is 5.22. The Morgan fingerprint density at radius 1 is 1.35 bits per heavy atom. The van der Waals surface area contributed by atoms with Gasteiger partial charge in [-0.15, -0.1) is 0 Å². The van der Waals surface area contributed by atoms with Gasteiger partial charge >= 0.3 is 5.97 Å². The molecule has 1 heterocycles. The average Bonchev–Trinajstić information content (AvgIpc) is 2.38. The Labute approximate surface area is 101 Å². The summed E-state index contributed by atoms with van der Waals surface area (Å²) >= 11 is 0. The Bertz CT molecular complexity index is 358. The Kier molecular flexibility index (Phi) is 4.12. The number of nitrogens with one attached hydrogen (secondary N) is 1. The molecule has 92 valence electrons. The number of hydrogen-bond donors (Lipinski definition) is 2. The van der Waals surface area contributed by atoms with Gasteiger partial charge in [0.2, 0.25) is 0 Å². The zero-order valence-corrected chi connectivity index (χ0v) is 9.63. The van der Waals surface area contributed by atoms with Gasteiger partial charge in [-0.25, -0.2) is 0 Å². The minimum absolute atomic E-state index is 0.235. The molecule has 1 aliphatic heterocycles. The molecule has 2 atom stereocenters. The summed E-state index contributed by atoms with van der Waals surface area (Å²) in [5.74, 6) is -0.235. The first-order valence-corrected chi connectivity index (χ1v) is 5.88. The van der Waals surface area contributed by atoms with Gasteiger partial charge in [-0.1, -0.05) is 30.3 Å². The molecular formula is C13H17NO3. The van der Waals surface area contributed by atoms with E-state index in [2.05, 4.69) is 5.32 Å². The SMILES string of the molecule is O=C(OCc1ccccc1)C1CCC(O)CN1. The lowest BCUT2D eigenvalue weighted by Gasteiger charge is -2.25. The third-order valence-electron chi connectivity index (χ3n) is 2.90. The smallest absolute Gasteiger partial charge is 0.323 e. The van der Waals surface area contributed by atoms with Crippen molar-refractivity contribution in [2.45, 2.75) is 31.6 Å². The van der Waals surface area contributed by atoms with Gasteiger partial charge in [0.25, 0.3) is 0 Å². The van der Waals surface area contributed by atoms with Crippen molar-refractivity contribution < 1.29 is 14.6 Å². The van der Waals surface area contributed by atoms with E-state index in [9.17, 15) is 9.90 Å². The van der Waals surface area contributed by atoms with Crippen molar-refractivity contribution in [2.24, 2.45) is 0 Å². The van der Waals surface area contributed by atoms with Crippen molar-refractivity contribution in [3.63, 3.8) is 0 Å². The van der Waals surface area contributed by atoms with Crippen LogP contribution in [0.2, 0.25) is 0 Å². The van der Waals surface area contributed by atoms with Gasteiger partial charge in [0.15, 0.2) is 0 Å². The maximum Gasteiger partial charge on any atom is 0.323 e. The molecule has 0 amide bonds. The molecule has 0 saturated carbocycles. The van der Waals surface area contributed by atoms with Gasteiger partial charge in [0.05, 0.1) is 6.10 Å². The second kappa shape index (κ2) is 5.80. The number of aliphatic hydroxyl groups excluding tert-OH is 1. The number of aliphatic hydroxyl groups is 1. The molecule has 2 unspecified atom stereocenters. The van der Waals surface area contributed by atoms with Crippen molar-refractivity contribution in [1.29, 1.82) is 0 Å². The number of rotatable bonds is 3. The lowest BCUT2D eigenvalue weighted by Crippen LogP contribution is -2.46. The van der Waals surface area contributed by atoms with E-state index in [0.29, 0.717) is 26.0 Å². The van der Waals surface area contributed by atoms with Crippen LogP contribution in [0.5, 0.6) is 0 Å². The summed E-state index contributed by atoms with van der Waals surface area (Å²) in [7, 11) is 0. The van der Waals surface area contributed by atoms with Gasteiger partial charge < -0.3 is 15.2 Å². The first kappa shape index (κ1) is 12.1. The van der Waals surface area contributed by atoms with Gasteiger partial charge in [-0.2, -0.15) is 0 Å². The summed E-state index contributed by atoms with van der Waals surface area (Å²) in [6.07, 6.45) is 0.945. The number of piperidine rings is 1. The first-order chi connectivity index (χ1) is 8.25. The molecule has 1 fully saturated rings. The predicted molar refractivity (Wildman–Crippen MR) is 63.3 cm³/mol. The molecule has 1 saturated heterocycles. The third-order valence-corrected chi connectivity index (χ3v) is 2.90. The Hall–Kier alpha value is -1.39. The maximum atomic E-state index is 11.7. The van der Waals surface area contributed by atoms with E-state index in [-0.39, 0.29) is 18.1 Å². The van der Waals surface area contributed by atoms with Crippen molar-refractivity contribution in [1.82, 2.24) is 5.32 Å². The molecule has 0 radical (unpaired) electrons. The van der Waals surface area contributed by atoms with E-state index >= 15 is 0 Å². The van der Waals surface area contributed by atoms with Crippen LogP contribution in [0.15, 0.2) is 30.3 Å². The van der Waals surface area contributed by atoms with Crippen LogP contribution < -0.4 is 5.32 Å². The lowest BCUT2D eigenvalue weighted by atomic mass is 10.0. The standard InChI is InChI=1S/C13H17NO3/c15-11-6-7-12(14-8-11)13(16)17-9-10-4-2-1-3-5-10/h1-5,11-12,14-15H,6-9H2. The number of β-amino-alcohol motifs (C(OH)–C–C–N with tert-alkyl or cyclic N) is 1. The quantitative estimate of drug-likeness (QED) is 0.762. The Morgan fingerprint density at radius 2 is 2.12 bits per heavy atom. The number of carbonyl (C=O) groups excluding carboxylic acids is 1. The topological polar surface area (TPSA) is 58.6 Å². The van der Waals surface area contributed by atoms with E-state index in [4.69, 9.17) is 4.74 Å². The van der Waals surface area contributed by atoms with Crippen LogP contribution in [-0.2, 0) is 16.1 Å². The number of carbonyl (C=O) groups is 1. The fourth-order valence-electron chi connectivity index (χ4n) is 1.87. The Morgan fingerprint density at radius 3 is 2.76 bits per heavy atom. The second-order valence-electron chi connectivity index (χ2n) is 4.29. The van der Waals surface area contributed by atoms with Crippen LogP contribution in [-0.4, -0.2) is 29.8 Å². The van der Waals surface area contributed by atoms with E-state index in [0.717, 1.165) is 5.56 Å². The summed E-state index contributed by atoms with van der Waals surface area (Å²) in [4.78, 5) is 11.7. The van der Waals surface area contributed by atoms with Gasteiger partial charge in [0.1, 0.15) is 12.6 Å². The summed E-state index contributed by atoms with van der Waals surface area (Å²) in [6.45, 7) is 0.769. The van der Waals surface area contributed by atoms with Crippen LogP contribution >= 0.6 is 0 Å². The van der Waals surface area contributed by atoms with E-state index < -0.39 is 0 Å². The molecule has 0 aromatic heterocycles. The largest absolute Gasteiger partial charge is 0.460 e. The molecule has 1 aromatic rings. The molecule has 4 nitrogen and oxygen atoms in total. The van der Waals surface area contributed by atoms with Crippen molar-refractivity contribution in [2.75, 3.05) is 6.54 Å². The minimum atomic E-state index is -0.340. The number of esters is 1. The summed E-state index contributed by atoms with van der Waals surface area (Å²) in [6, 6.07) is 9.32. The number of ether oxygens (including phenoxy) is 1. The van der Waals surface area contributed by atoms with Crippen molar-refractivity contribution in [3.05, 3.63) is 35.9 Å². The van der Waals surface area contributed by atoms with Crippen LogP contribution in [0.3, 0.4) is 0 Å².